The molecule has 28 heavy (non-hydrogen) atoms. The van der Waals surface area contributed by atoms with Gasteiger partial charge in [0.2, 0.25) is 0 Å². The molecule has 1 aromatic heterocycles. The summed E-state index contributed by atoms with van der Waals surface area (Å²) < 4.78 is 17.5. The Hall–Kier alpha value is -1.67. The number of carbonyl (C=O) groups excluding carboxylic acids is 1. The third-order valence-electron chi connectivity index (χ3n) is 5.75. The quantitative estimate of drug-likeness (QED) is 0.725. The summed E-state index contributed by atoms with van der Waals surface area (Å²) in [5.74, 6) is 0.290. The van der Waals surface area contributed by atoms with E-state index in [0.29, 0.717) is 24.6 Å². The molecule has 0 bridgehead atoms. The van der Waals surface area contributed by atoms with E-state index in [0.717, 1.165) is 18.5 Å². The normalized spacial score (nSPS) is 22.4. The first kappa shape index (κ1) is 21.1. The molecule has 0 spiro atoms. The molecule has 2 saturated heterocycles. The fourth-order valence-corrected chi connectivity index (χ4v) is 3.33. The number of aromatic nitrogens is 2. The standard InChI is InChI=1S/C20H32BN3O4/c1-18(2,3)26-17(25)24-10-8-14(9-11-24)15-12-23-16(13-22-15)21-27-19(4,5)20(6,7)28-21/h12-14H,8-11H2,1-7H3. The van der Waals surface area contributed by atoms with Crippen molar-refractivity contribution in [1.82, 2.24) is 14.9 Å². The Balaban J connectivity index is 1.58. The molecular weight excluding hydrogens is 357 g/mol. The molecule has 3 heterocycles. The summed E-state index contributed by atoms with van der Waals surface area (Å²) in [6.45, 7) is 15.1. The number of hydrogen-bond acceptors (Lipinski definition) is 6. The lowest BCUT2D eigenvalue weighted by molar-refractivity contribution is 0.00578. The Bertz CT molecular complexity index is 691. The third kappa shape index (κ3) is 4.49. The van der Waals surface area contributed by atoms with Crippen LogP contribution in [0.5, 0.6) is 0 Å². The minimum absolute atomic E-state index is 0.242. The summed E-state index contributed by atoms with van der Waals surface area (Å²) in [5.41, 5.74) is 0.375. The van der Waals surface area contributed by atoms with Crippen molar-refractivity contribution in [3.63, 3.8) is 0 Å². The SMILES string of the molecule is CC(C)(C)OC(=O)N1CCC(c2cnc(B3OC(C)(C)C(C)(C)O3)cn2)CC1. The van der Waals surface area contributed by atoms with E-state index in [-0.39, 0.29) is 6.09 Å². The van der Waals surface area contributed by atoms with E-state index < -0.39 is 23.9 Å². The highest BCUT2D eigenvalue weighted by Crippen LogP contribution is 2.36. The second kappa shape index (κ2) is 7.30. The molecule has 7 nitrogen and oxygen atoms in total. The van der Waals surface area contributed by atoms with Crippen LogP contribution in [0, 0.1) is 0 Å². The Morgan fingerprint density at radius 2 is 1.68 bits per heavy atom. The van der Waals surface area contributed by atoms with Gasteiger partial charge in [-0.2, -0.15) is 0 Å². The third-order valence-corrected chi connectivity index (χ3v) is 5.75. The van der Waals surface area contributed by atoms with Crippen LogP contribution in [0.25, 0.3) is 0 Å². The Morgan fingerprint density at radius 3 is 2.14 bits per heavy atom. The van der Waals surface area contributed by atoms with Crippen LogP contribution in [0.15, 0.2) is 12.4 Å². The molecule has 1 amide bonds. The van der Waals surface area contributed by atoms with Crippen molar-refractivity contribution in [2.45, 2.75) is 84.0 Å². The molecule has 0 saturated carbocycles. The van der Waals surface area contributed by atoms with Crippen molar-refractivity contribution >= 4 is 18.8 Å². The zero-order valence-electron chi connectivity index (χ0n) is 18.1. The van der Waals surface area contributed by atoms with Gasteiger partial charge in [-0.25, -0.2) is 4.79 Å². The molecule has 2 fully saturated rings. The van der Waals surface area contributed by atoms with Gasteiger partial charge in [0.1, 0.15) is 5.60 Å². The molecule has 154 valence electrons. The van der Waals surface area contributed by atoms with E-state index in [1.165, 1.54) is 0 Å². The predicted octanol–water partition coefficient (Wildman–Crippen LogP) is 2.89. The summed E-state index contributed by atoms with van der Waals surface area (Å²) in [7, 11) is -0.499. The van der Waals surface area contributed by atoms with E-state index >= 15 is 0 Å². The van der Waals surface area contributed by atoms with Crippen molar-refractivity contribution < 1.29 is 18.8 Å². The van der Waals surface area contributed by atoms with Crippen LogP contribution in [0.3, 0.4) is 0 Å². The number of amides is 1. The molecule has 0 N–H and O–H groups in total. The first-order valence-corrected chi connectivity index (χ1v) is 10.0. The number of piperidine rings is 1. The van der Waals surface area contributed by atoms with Crippen molar-refractivity contribution in [3.8, 4) is 0 Å². The van der Waals surface area contributed by atoms with Gasteiger partial charge in [0.25, 0.3) is 0 Å². The number of likely N-dealkylation sites (tertiary alicyclic amines) is 1. The number of hydrogen-bond donors (Lipinski definition) is 0. The average molecular weight is 389 g/mol. The molecule has 0 radical (unpaired) electrons. The zero-order valence-corrected chi connectivity index (χ0v) is 18.1. The van der Waals surface area contributed by atoms with Gasteiger partial charge < -0.3 is 18.9 Å². The molecule has 8 heteroatoms. The smallest absolute Gasteiger partial charge is 0.444 e. The van der Waals surface area contributed by atoms with Crippen LogP contribution in [0.1, 0.15) is 72.9 Å². The Kier molecular flexibility index (Phi) is 5.49. The molecule has 3 rings (SSSR count). The maximum absolute atomic E-state index is 12.2. The highest BCUT2D eigenvalue weighted by atomic mass is 16.7. The van der Waals surface area contributed by atoms with Gasteiger partial charge in [0.05, 0.1) is 22.5 Å². The number of rotatable bonds is 2. The summed E-state index contributed by atoms with van der Waals surface area (Å²) >= 11 is 0. The van der Waals surface area contributed by atoms with E-state index in [4.69, 9.17) is 14.0 Å². The van der Waals surface area contributed by atoms with Gasteiger partial charge in [-0.3, -0.25) is 9.97 Å². The van der Waals surface area contributed by atoms with Crippen LogP contribution in [-0.4, -0.2) is 58.0 Å². The maximum Gasteiger partial charge on any atom is 0.516 e. The van der Waals surface area contributed by atoms with Crippen LogP contribution < -0.4 is 5.59 Å². The Labute approximate surface area is 168 Å². The molecule has 0 aliphatic carbocycles. The van der Waals surface area contributed by atoms with Crippen molar-refractivity contribution in [1.29, 1.82) is 0 Å². The van der Waals surface area contributed by atoms with Gasteiger partial charge in [0, 0.05) is 31.4 Å². The fourth-order valence-electron chi connectivity index (χ4n) is 3.33. The summed E-state index contributed by atoms with van der Waals surface area (Å²) in [4.78, 5) is 23.1. The van der Waals surface area contributed by atoms with Crippen molar-refractivity contribution in [3.05, 3.63) is 18.1 Å². The van der Waals surface area contributed by atoms with E-state index in [2.05, 4.69) is 9.97 Å². The van der Waals surface area contributed by atoms with Gasteiger partial charge in [-0.05, 0) is 61.3 Å². The lowest BCUT2D eigenvalue weighted by atomic mass is 9.85. The van der Waals surface area contributed by atoms with Crippen molar-refractivity contribution in [2.24, 2.45) is 0 Å². The van der Waals surface area contributed by atoms with Gasteiger partial charge in [-0.1, -0.05) is 0 Å². The fraction of sp³-hybridized carbons (Fsp3) is 0.750. The lowest BCUT2D eigenvalue weighted by Gasteiger charge is -2.33. The topological polar surface area (TPSA) is 73.8 Å². The number of ether oxygens (including phenoxy) is 1. The molecule has 1 aromatic rings. The second-order valence-electron chi connectivity index (χ2n) is 9.70. The Morgan fingerprint density at radius 1 is 1.11 bits per heavy atom. The second-order valence-corrected chi connectivity index (χ2v) is 9.70. The average Bonchev–Trinajstić information content (AvgIpc) is 2.81. The zero-order chi connectivity index (χ0) is 20.7. The summed E-state index contributed by atoms with van der Waals surface area (Å²) in [6.07, 6.45) is 5.02. The minimum atomic E-state index is -0.499. The van der Waals surface area contributed by atoms with Crippen LogP contribution >= 0.6 is 0 Å². The van der Waals surface area contributed by atoms with E-state index in [1.807, 2.05) is 54.7 Å². The molecule has 2 aliphatic heterocycles. The van der Waals surface area contributed by atoms with E-state index in [1.54, 1.807) is 11.1 Å². The first-order chi connectivity index (χ1) is 12.9. The molecule has 0 atom stereocenters. The predicted molar refractivity (Wildman–Crippen MR) is 108 cm³/mol. The van der Waals surface area contributed by atoms with Gasteiger partial charge in [-0.15, -0.1) is 0 Å². The molecular formula is C20H32BN3O4. The summed E-state index contributed by atoms with van der Waals surface area (Å²) in [6, 6.07) is 0. The highest BCUT2D eigenvalue weighted by molar-refractivity contribution is 6.61. The molecule has 0 unspecified atom stereocenters. The maximum atomic E-state index is 12.2. The molecule has 0 aromatic carbocycles. The minimum Gasteiger partial charge on any atom is -0.444 e. The van der Waals surface area contributed by atoms with Crippen LogP contribution in [0.2, 0.25) is 0 Å². The van der Waals surface area contributed by atoms with Crippen LogP contribution in [-0.2, 0) is 14.0 Å². The lowest BCUT2D eigenvalue weighted by Crippen LogP contribution is -2.41. The number of carbonyl (C=O) groups is 1. The number of nitrogens with zero attached hydrogens (tertiary/aromatic N) is 3. The monoisotopic (exact) mass is 389 g/mol. The largest absolute Gasteiger partial charge is 0.516 e. The molecule has 2 aliphatic rings. The highest BCUT2D eigenvalue weighted by Gasteiger charge is 2.52. The van der Waals surface area contributed by atoms with Crippen LogP contribution in [0.4, 0.5) is 4.79 Å². The van der Waals surface area contributed by atoms with Gasteiger partial charge >= 0.3 is 13.2 Å². The first-order valence-electron chi connectivity index (χ1n) is 10.0. The van der Waals surface area contributed by atoms with Crippen molar-refractivity contribution in [2.75, 3.05) is 13.1 Å². The van der Waals surface area contributed by atoms with Gasteiger partial charge in [0.15, 0.2) is 0 Å². The van der Waals surface area contributed by atoms with E-state index in [9.17, 15) is 4.79 Å². The summed E-state index contributed by atoms with van der Waals surface area (Å²) in [5, 5.41) is 0.